The van der Waals surface area contributed by atoms with Crippen molar-refractivity contribution in [1.29, 1.82) is 10.7 Å². The average molecular weight is 485 g/mol. The molecule has 2 aromatic rings. The van der Waals surface area contributed by atoms with E-state index in [4.69, 9.17) is 21.1 Å². The van der Waals surface area contributed by atoms with Crippen LogP contribution in [0.4, 0.5) is 23.7 Å². The molecule has 0 unspecified atom stereocenters. The van der Waals surface area contributed by atoms with E-state index < -0.39 is 35.7 Å². The second-order valence-corrected chi connectivity index (χ2v) is 7.38. The largest absolute Gasteiger partial charge is 0.466 e. The monoisotopic (exact) mass is 485 g/mol. The fraction of sp³-hybridized carbons (Fsp3) is 0.174. The van der Waals surface area contributed by atoms with Crippen LogP contribution >= 0.6 is 0 Å². The molecule has 1 heterocycles. The maximum absolute atomic E-state index is 13.3. The number of alkyl halides is 3. The summed E-state index contributed by atoms with van der Waals surface area (Å²) in [6, 6.07) is 7.08. The number of benzene rings is 2. The Morgan fingerprint density at radius 2 is 1.91 bits per heavy atom. The lowest BCUT2D eigenvalue weighted by Gasteiger charge is -2.43. The molecule has 12 heteroatoms. The van der Waals surface area contributed by atoms with Crippen LogP contribution in [0.2, 0.25) is 0 Å². The number of urea groups is 1. The molecule has 0 aromatic heterocycles. The van der Waals surface area contributed by atoms with Crippen LogP contribution in [-0.2, 0) is 15.7 Å². The van der Waals surface area contributed by atoms with Crippen LogP contribution in [0.5, 0.6) is 0 Å². The van der Waals surface area contributed by atoms with Crippen molar-refractivity contribution in [1.82, 2.24) is 4.90 Å². The molecule has 2 amide bonds. The third-order valence-electron chi connectivity index (χ3n) is 5.41. The molecule has 180 valence electrons. The number of carbonyl (C=O) groups excluding carboxylic acids is 3. The summed E-state index contributed by atoms with van der Waals surface area (Å²) in [6.07, 6.45) is -4.29. The number of ether oxygens (including phenoxy) is 1. The summed E-state index contributed by atoms with van der Waals surface area (Å²) in [5, 5.41) is 17.8. The number of carbonyl (C=O) groups is 3. The van der Waals surface area contributed by atoms with Gasteiger partial charge in [0.15, 0.2) is 0 Å². The van der Waals surface area contributed by atoms with Gasteiger partial charge in [-0.15, -0.1) is 0 Å². The van der Waals surface area contributed by atoms with Gasteiger partial charge in [0.2, 0.25) is 5.96 Å². The second-order valence-electron chi connectivity index (χ2n) is 7.38. The highest BCUT2D eigenvalue weighted by Gasteiger charge is 2.44. The van der Waals surface area contributed by atoms with Gasteiger partial charge >= 0.3 is 18.2 Å². The number of hydrogen-bond acceptors (Lipinski definition) is 6. The number of nitrogens with one attached hydrogen (secondary N) is 1. The van der Waals surface area contributed by atoms with Gasteiger partial charge in [-0.3, -0.25) is 20.0 Å². The number of esters is 1. The minimum absolute atomic E-state index is 0.0233. The third-order valence-corrected chi connectivity index (χ3v) is 5.41. The number of nitriles is 1. The predicted molar refractivity (Wildman–Crippen MR) is 117 cm³/mol. The fourth-order valence-corrected chi connectivity index (χ4v) is 3.86. The Morgan fingerprint density at radius 1 is 1.23 bits per heavy atom. The van der Waals surface area contributed by atoms with Crippen molar-refractivity contribution < 1.29 is 32.3 Å². The summed E-state index contributed by atoms with van der Waals surface area (Å²) in [4.78, 5) is 38.8. The zero-order valence-electron chi connectivity index (χ0n) is 18.4. The van der Waals surface area contributed by atoms with E-state index in [9.17, 15) is 27.6 Å². The van der Waals surface area contributed by atoms with Gasteiger partial charge < -0.3 is 10.5 Å². The second kappa shape index (κ2) is 9.30. The molecule has 1 atom stereocenters. The normalized spacial score (nSPS) is 16.1. The van der Waals surface area contributed by atoms with E-state index >= 15 is 0 Å². The van der Waals surface area contributed by atoms with Crippen molar-refractivity contribution in [3.63, 3.8) is 0 Å². The molecular weight excluding hydrogens is 467 g/mol. The molecule has 3 N–H and O–H groups in total. The van der Waals surface area contributed by atoms with Gasteiger partial charge in [0.25, 0.3) is 0 Å². The first-order valence-electron chi connectivity index (χ1n) is 9.89. The number of aldehydes is 1. The Balaban J connectivity index is 2.35. The van der Waals surface area contributed by atoms with Crippen molar-refractivity contribution in [3.8, 4) is 6.07 Å². The highest BCUT2D eigenvalue weighted by atomic mass is 19.4. The Morgan fingerprint density at radius 3 is 2.46 bits per heavy atom. The van der Waals surface area contributed by atoms with Gasteiger partial charge in [-0.05, 0) is 42.8 Å². The number of hydrogen-bond donors (Lipinski definition) is 2. The quantitative estimate of drug-likeness (QED) is 0.500. The van der Waals surface area contributed by atoms with Gasteiger partial charge in [0, 0.05) is 16.9 Å². The molecule has 9 nitrogen and oxygen atoms in total. The number of nitrogens with zero attached hydrogens (tertiary/aromatic N) is 3. The Kier molecular flexibility index (Phi) is 6.63. The number of amides is 2. The summed E-state index contributed by atoms with van der Waals surface area (Å²) < 4.78 is 44.8. The summed E-state index contributed by atoms with van der Waals surface area (Å²) >= 11 is 0. The van der Waals surface area contributed by atoms with Crippen molar-refractivity contribution in [2.45, 2.75) is 19.1 Å². The van der Waals surface area contributed by atoms with Crippen molar-refractivity contribution in [2.75, 3.05) is 12.0 Å². The number of methoxy groups -OCH3 is 1. The Bertz CT molecular complexity index is 1310. The molecule has 0 radical (unpaired) electrons. The van der Waals surface area contributed by atoms with E-state index in [1.807, 2.05) is 6.07 Å². The number of guanidine groups is 1. The van der Waals surface area contributed by atoms with Crippen LogP contribution in [0.1, 0.15) is 40.0 Å². The van der Waals surface area contributed by atoms with Gasteiger partial charge in [-0.25, -0.2) is 9.59 Å². The molecule has 35 heavy (non-hydrogen) atoms. The Hall–Kier alpha value is -4.66. The molecule has 0 spiro atoms. The van der Waals surface area contributed by atoms with Crippen LogP contribution in [0, 0.1) is 16.7 Å². The lowest BCUT2D eigenvalue weighted by atomic mass is 9.89. The number of primary amides is 1. The summed E-state index contributed by atoms with van der Waals surface area (Å²) in [5.74, 6) is -1.63. The lowest BCUT2D eigenvalue weighted by Crippen LogP contribution is -2.55. The minimum atomic E-state index is -4.69. The highest BCUT2D eigenvalue weighted by Crippen LogP contribution is 2.41. The smallest absolute Gasteiger partial charge is 0.416 e. The molecule has 2 aromatic carbocycles. The maximum Gasteiger partial charge on any atom is 0.416 e. The number of anilines is 1. The first kappa shape index (κ1) is 25.0. The van der Waals surface area contributed by atoms with E-state index in [2.05, 4.69) is 0 Å². The van der Waals surface area contributed by atoms with Gasteiger partial charge in [0.05, 0.1) is 29.9 Å². The van der Waals surface area contributed by atoms with E-state index in [1.54, 1.807) is 0 Å². The van der Waals surface area contributed by atoms with E-state index in [0.717, 1.165) is 30.2 Å². The molecule has 3 rings (SSSR count). The van der Waals surface area contributed by atoms with Crippen LogP contribution in [0.25, 0.3) is 0 Å². The third kappa shape index (κ3) is 4.43. The van der Waals surface area contributed by atoms with Gasteiger partial charge in [-0.2, -0.15) is 18.4 Å². The van der Waals surface area contributed by atoms with E-state index in [1.165, 1.54) is 31.2 Å². The molecule has 1 aliphatic rings. The molecule has 0 aliphatic carbocycles. The topological polar surface area (TPSA) is 141 Å². The molecular formula is C23H18F3N5O4. The fourth-order valence-electron chi connectivity index (χ4n) is 3.86. The van der Waals surface area contributed by atoms with Crippen LogP contribution in [0.15, 0.2) is 53.7 Å². The first-order chi connectivity index (χ1) is 16.5. The van der Waals surface area contributed by atoms with Crippen LogP contribution < -0.4 is 10.6 Å². The van der Waals surface area contributed by atoms with Crippen LogP contribution in [0.3, 0.4) is 0 Å². The molecule has 1 aliphatic heterocycles. The van der Waals surface area contributed by atoms with Gasteiger partial charge in [-0.1, -0.05) is 12.1 Å². The lowest BCUT2D eigenvalue weighted by molar-refractivity contribution is -0.138. The molecule has 0 saturated carbocycles. The molecule has 0 saturated heterocycles. The van der Waals surface area contributed by atoms with Crippen molar-refractivity contribution in [3.05, 3.63) is 76.0 Å². The Labute approximate surface area is 197 Å². The highest BCUT2D eigenvalue weighted by molar-refractivity contribution is 6.10. The average Bonchev–Trinajstić information content (AvgIpc) is 2.82. The summed E-state index contributed by atoms with van der Waals surface area (Å²) in [5.41, 5.74) is 4.23. The van der Waals surface area contributed by atoms with Crippen molar-refractivity contribution in [2.24, 2.45) is 5.73 Å². The molecule has 0 fully saturated rings. The standard InChI is InChI=1S/C23H18F3N5O4/c1-12-18(20(33)35-2)19(17-7-6-13(10-27)8-14(17)11-32)31(22(29)34)21(28)30(12)16-5-3-4-15(9-16)23(24,25)26/h3-9,11,19,28H,1-2H3,(H2,29,34)/t19-/m1/s1. The first-order valence-corrected chi connectivity index (χ1v) is 9.89. The summed E-state index contributed by atoms with van der Waals surface area (Å²) in [6.45, 7) is 1.36. The SMILES string of the molecule is COC(=O)C1=C(C)N(c2cccc(C(F)(F)F)c2)C(=N)N(C(N)=O)[C@@H]1c1ccc(C#N)cc1C=O. The predicted octanol–water partition coefficient (Wildman–Crippen LogP) is 3.71. The van der Waals surface area contributed by atoms with E-state index in [-0.39, 0.29) is 33.6 Å². The minimum Gasteiger partial charge on any atom is -0.466 e. The van der Waals surface area contributed by atoms with Gasteiger partial charge in [0.1, 0.15) is 12.3 Å². The van der Waals surface area contributed by atoms with E-state index in [0.29, 0.717) is 11.2 Å². The number of rotatable bonds is 4. The zero-order chi connectivity index (χ0) is 26.1. The van der Waals surface area contributed by atoms with Crippen LogP contribution in [-0.4, -0.2) is 36.3 Å². The number of halogens is 3. The summed E-state index contributed by atoms with van der Waals surface area (Å²) in [7, 11) is 1.06. The van der Waals surface area contributed by atoms with Crippen molar-refractivity contribution >= 4 is 29.9 Å². The maximum atomic E-state index is 13.3. The number of nitrogens with two attached hydrogens (primary N) is 1. The number of allylic oxidation sites excluding steroid dienone is 1. The zero-order valence-corrected chi connectivity index (χ0v) is 18.4. The molecule has 0 bridgehead atoms.